The quantitative estimate of drug-likeness (QED) is 0.679. The van der Waals surface area contributed by atoms with Gasteiger partial charge in [0, 0.05) is 6.92 Å². The van der Waals surface area contributed by atoms with Crippen molar-refractivity contribution in [3.8, 4) is 17.0 Å². The van der Waals surface area contributed by atoms with Crippen molar-refractivity contribution in [1.82, 2.24) is 4.98 Å². The van der Waals surface area contributed by atoms with E-state index in [-0.39, 0.29) is 5.78 Å². The first-order valence-corrected chi connectivity index (χ1v) is 5.98. The van der Waals surface area contributed by atoms with Gasteiger partial charge in [0.1, 0.15) is 0 Å². The Labute approximate surface area is 111 Å². The van der Waals surface area contributed by atoms with Gasteiger partial charge in [-0.15, -0.1) is 0 Å². The van der Waals surface area contributed by atoms with Gasteiger partial charge in [0.15, 0.2) is 11.5 Å². The van der Waals surface area contributed by atoms with Gasteiger partial charge >= 0.3 is 5.97 Å². The predicted octanol–water partition coefficient (Wildman–Crippen LogP) is 3.12. The number of rotatable bonds is 3. The molecule has 0 amide bonds. The molecule has 4 nitrogen and oxygen atoms in total. The van der Waals surface area contributed by atoms with Crippen LogP contribution in [0.15, 0.2) is 30.3 Å². The molecule has 1 heterocycles. The molecule has 1 N–H and O–H groups in total. The highest BCUT2D eigenvalue weighted by atomic mass is 16.5. The number of ether oxygens (including phenoxy) is 1. The van der Waals surface area contributed by atoms with Crippen molar-refractivity contribution in [2.45, 2.75) is 20.8 Å². The van der Waals surface area contributed by atoms with E-state index in [1.54, 1.807) is 6.92 Å². The molecule has 0 bridgehead atoms. The molecule has 4 heteroatoms. The Hall–Kier alpha value is -2.36. The summed E-state index contributed by atoms with van der Waals surface area (Å²) in [6, 6.07) is 9.48. The van der Waals surface area contributed by atoms with Gasteiger partial charge in [-0.2, -0.15) is 0 Å². The molecule has 0 aliphatic rings. The van der Waals surface area contributed by atoms with Gasteiger partial charge in [-0.05, 0) is 19.4 Å². The van der Waals surface area contributed by atoms with Crippen molar-refractivity contribution in [1.29, 1.82) is 0 Å². The van der Waals surface area contributed by atoms with E-state index >= 15 is 0 Å². The molecule has 0 saturated heterocycles. The summed E-state index contributed by atoms with van der Waals surface area (Å²) in [6.45, 7) is 4.55. The van der Waals surface area contributed by atoms with Crippen molar-refractivity contribution >= 4 is 11.8 Å². The molecular formula is C15H15NO3. The molecule has 0 radical (unpaired) electrons. The average Bonchev–Trinajstić information content (AvgIpc) is 2.67. The predicted molar refractivity (Wildman–Crippen MR) is 72.3 cm³/mol. The highest BCUT2D eigenvalue weighted by molar-refractivity contribution is 6.04. The normalized spacial score (nSPS) is 10.3. The fourth-order valence-corrected chi connectivity index (χ4v) is 2.04. The first-order valence-electron chi connectivity index (χ1n) is 5.98. The van der Waals surface area contributed by atoms with E-state index in [9.17, 15) is 9.59 Å². The number of aryl methyl sites for hydroxylation is 1. The monoisotopic (exact) mass is 257 g/mol. The van der Waals surface area contributed by atoms with E-state index in [4.69, 9.17) is 4.74 Å². The summed E-state index contributed by atoms with van der Waals surface area (Å²) >= 11 is 0. The minimum Gasteiger partial charge on any atom is -0.424 e. The molecule has 98 valence electrons. The Morgan fingerprint density at radius 3 is 2.26 bits per heavy atom. The number of aromatic amines is 1. The van der Waals surface area contributed by atoms with Crippen LogP contribution in [0.3, 0.4) is 0 Å². The SMILES string of the molecule is CC(=O)Oc1c(C)[nH]c(-c2ccccc2)c1C(C)=O. The second kappa shape index (κ2) is 5.10. The van der Waals surface area contributed by atoms with E-state index < -0.39 is 5.97 Å². The zero-order valence-corrected chi connectivity index (χ0v) is 11.1. The molecular weight excluding hydrogens is 242 g/mol. The third kappa shape index (κ3) is 2.57. The van der Waals surface area contributed by atoms with Gasteiger partial charge in [0.2, 0.25) is 0 Å². The van der Waals surface area contributed by atoms with Crippen LogP contribution in [0.1, 0.15) is 29.9 Å². The van der Waals surface area contributed by atoms with E-state index in [0.29, 0.717) is 22.7 Å². The second-order valence-electron chi connectivity index (χ2n) is 4.34. The number of hydrogen-bond donors (Lipinski definition) is 1. The molecule has 0 saturated carbocycles. The summed E-state index contributed by atoms with van der Waals surface area (Å²) in [5.41, 5.74) is 2.65. The van der Waals surface area contributed by atoms with Crippen LogP contribution in [-0.4, -0.2) is 16.7 Å². The fraction of sp³-hybridized carbons (Fsp3) is 0.200. The Kier molecular flexibility index (Phi) is 3.51. The molecule has 0 atom stereocenters. The summed E-state index contributed by atoms with van der Waals surface area (Å²) in [4.78, 5) is 26.1. The molecule has 1 aromatic carbocycles. The molecule has 0 spiro atoms. The Morgan fingerprint density at radius 2 is 1.74 bits per heavy atom. The number of ketones is 1. The molecule has 0 unspecified atom stereocenters. The topological polar surface area (TPSA) is 59.2 Å². The summed E-state index contributed by atoms with van der Waals surface area (Å²) < 4.78 is 5.15. The van der Waals surface area contributed by atoms with Gasteiger partial charge in [-0.25, -0.2) is 0 Å². The van der Waals surface area contributed by atoms with Gasteiger partial charge in [0.05, 0.1) is 17.0 Å². The first kappa shape index (κ1) is 13.1. The number of carbonyl (C=O) groups excluding carboxylic acids is 2. The molecule has 0 aliphatic carbocycles. The van der Waals surface area contributed by atoms with Crippen LogP contribution in [0.2, 0.25) is 0 Å². The Bertz CT molecular complexity index is 626. The minimum absolute atomic E-state index is 0.139. The lowest BCUT2D eigenvalue weighted by molar-refractivity contribution is -0.131. The van der Waals surface area contributed by atoms with Crippen LogP contribution in [0.4, 0.5) is 0 Å². The summed E-state index contributed by atoms with van der Waals surface area (Å²) in [7, 11) is 0. The van der Waals surface area contributed by atoms with Crippen LogP contribution >= 0.6 is 0 Å². The zero-order valence-electron chi connectivity index (χ0n) is 11.1. The molecule has 2 rings (SSSR count). The lowest BCUT2D eigenvalue weighted by Gasteiger charge is -2.04. The maximum atomic E-state index is 11.8. The van der Waals surface area contributed by atoms with Crippen LogP contribution in [-0.2, 0) is 4.79 Å². The van der Waals surface area contributed by atoms with Crippen molar-refractivity contribution in [3.05, 3.63) is 41.6 Å². The van der Waals surface area contributed by atoms with Crippen LogP contribution in [0, 0.1) is 6.92 Å². The smallest absolute Gasteiger partial charge is 0.308 e. The zero-order chi connectivity index (χ0) is 14.0. The number of benzene rings is 1. The largest absolute Gasteiger partial charge is 0.424 e. The molecule has 0 aliphatic heterocycles. The number of esters is 1. The number of H-pyrrole nitrogens is 1. The standard InChI is InChI=1S/C15H15NO3/c1-9-15(19-11(3)18)13(10(2)17)14(16-9)12-7-5-4-6-8-12/h4-8,16H,1-3H3. The lowest BCUT2D eigenvalue weighted by atomic mass is 10.1. The third-order valence-corrected chi connectivity index (χ3v) is 2.79. The van der Waals surface area contributed by atoms with Crippen molar-refractivity contribution < 1.29 is 14.3 Å². The molecule has 1 aromatic heterocycles. The van der Waals surface area contributed by atoms with Gasteiger partial charge in [-0.3, -0.25) is 9.59 Å². The highest BCUT2D eigenvalue weighted by Gasteiger charge is 2.22. The minimum atomic E-state index is -0.441. The number of carbonyl (C=O) groups is 2. The molecule has 0 fully saturated rings. The number of nitrogens with one attached hydrogen (secondary N) is 1. The Morgan fingerprint density at radius 1 is 1.11 bits per heavy atom. The van der Waals surface area contributed by atoms with Crippen molar-refractivity contribution in [2.75, 3.05) is 0 Å². The van der Waals surface area contributed by atoms with Crippen LogP contribution in [0.25, 0.3) is 11.3 Å². The van der Waals surface area contributed by atoms with E-state index in [1.807, 2.05) is 30.3 Å². The van der Waals surface area contributed by atoms with E-state index in [2.05, 4.69) is 4.98 Å². The molecule has 2 aromatic rings. The van der Waals surface area contributed by atoms with E-state index in [0.717, 1.165) is 5.56 Å². The fourth-order valence-electron chi connectivity index (χ4n) is 2.04. The first-order chi connectivity index (χ1) is 9.00. The van der Waals surface area contributed by atoms with Gasteiger partial charge < -0.3 is 9.72 Å². The maximum Gasteiger partial charge on any atom is 0.308 e. The second-order valence-corrected chi connectivity index (χ2v) is 4.34. The average molecular weight is 257 g/mol. The van der Waals surface area contributed by atoms with Crippen LogP contribution in [0.5, 0.6) is 5.75 Å². The number of aromatic nitrogens is 1. The number of hydrogen-bond acceptors (Lipinski definition) is 3. The molecule has 19 heavy (non-hydrogen) atoms. The van der Waals surface area contributed by atoms with E-state index in [1.165, 1.54) is 13.8 Å². The van der Waals surface area contributed by atoms with Crippen molar-refractivity contribution in [3.63, 3.8) is 0 Å². The third-order valence-electron chi connectivity index (χ3n) is 2.79. The highest BCUT2D eigenvalue weighted by Crippen LogP contribution is 2.34. The summed E-state index contributed by atoms with van der Waals surface area (Å²) in [5, 5.41) is 0. The summed E-state index contributed by atoms with van der Waals surface area (Å²) in [6.07, 6.45) is 0. The Balaban J connectivity index is 2.63. The van der Waals surface area contributed by atoms with Gasteiger partial charge in [0.25, 0.3) is 0 Å². The van der Waals surface area contributed by atoms with Crippen molar-refractivity contribution in [2.24, 2.45) is 0 Å². The van der Waals surface area contributed by atoms with Crippen LogP contribution < -0.4 is 4.74 Å². The maximum absolute atomic E-state index is 11.8. The van der Waals surface area contributed by atoms with Gasteiger partial charge in [-0.1, -0.05) is 30.3 Å². The lowest BCUT2D eigenvalue weighted by Crippen LogP contribution is -2.05. The number of Topliss-reactive ketones (excluding diaryl/α,β-unsaturated/α-hetero) is 1. The summed E-state index contributed by atoms with van der Waals surface area (Å²) in [5.74, 6) is -0.262.